The van der Waals surface area contributed by atoms with E-state index in [2.05, 4.69) is 24.5 Å². The monoisotopic (exact) mass is 191 g/mol. The third-order valence-electron chi connectivity index (χ3n) is 2.21. The molecule has 4 nitrogen and oxygen atoms in total. The number of hydrogen-bond acceptors (Lipinski definition) is 2. The smallest absolute Gasteiger partial charge is 0.317 e. The van der Waals surface area contributed by atoms with E-state index in [-0.39, 0.29) is 14.9 Å². The molecule has 0 aromatic carbocycles. The number of urea groups is 1. The van der Waals surface area contributed by atoms with Gasteiger partial charge < -0.3 is 15.5 Å². The molecule has 2 N–H and O–H groups in total. The van der Waals surface area contributed by atoms with Crippen LogP contribution in [0.15, 0.2) is 0 Å². The fourth-order valence-electron chi connectivity index (χ4n) is 1.07. The van der Waals surface area contributed by atoms with Gasteiger partial charge in [0.2, 0.25) is 0 Å². The van der Waals surface area contributed by atoms with Crippen LogP contribution in [0, 0.1) is 0 Å². The molecule has 0 aliphatic rings. The van der Waals surface area contributed by atoms with Crippen molar-refractivity contribution in [1.82, 2.24) is 15.5 Å². The number of amides is 2. The number of nitrogens with one attached hydrogen (secondary N) is 2. The maximum absolute atomic E-state index is 11.3. The van der Waals surface area contributed by atoms with Gasteiger partial charge in [-0.25, -0.2) is 4.79 Å². The molecule has 2 atom stereocenters. The number of likely N-dealkylation sites (N-methyl/N-ethyl adjacent to an activating group) is 1. The summed E-state index contributed by atoms with van der Waals surface area (Å²) in [6.07, 6.45) is 0.932. The Labute approximate surface area is 83.6 Å². The van der Waals surface area contributed by atoms with Crippen LogP contribution in [0.5, 0.6) is 0 Å². The van der Waals surface area contributed by atoms with Crippen LogP contribution >= 0.6 is 0 Å². The standard InChI is InChI=1S/C9H21N3O.2H2/c1-6-8(7(2)10-3)11-9(13)12(4)5;;/h7-8,10H,6H2,1-5H3,(H,11,13);2*1H/t7-,8-;;/m1../s1. The normalized spacial score (nSPS) is 14.8. The van der Waals surface area contributed by atoms with Crippen LogP contribution in [0.2, 0.25) is 0 Å². The van der Waals surface area contributed by atoms with Crippen LogP contribution in [0.1, 0.15) is 23.1 Å². The zero-order valence-corrected chi connectivity index (χ0v) is 9.22. The van der Waals surface area contributed by atoms with Crippen molar-refractivity contribution < 1.29 is 7.65 Å². The molecule has 0 bridgehead atoms. The Morgan fingerprint density at radius 1 is 1.54 bits per heavy atom. The van der Waals surface area contributed by atoms with Crippen LogP contribution in [0.4, 0.5) is 4.79 Å². The Hall–Kier alpha value is -0.770. The highest BCUT2D eigenvalue weighted by Gasteiger charge is 2.16. The molecule has 0 aromatic rings. The molecule has 0 aliphatic carbocycles. The summed E-state index contributed by atoms with van der Waals surface area (Å²) in [4.78, 5) is 12.9. The van der Waals surface area contributed by atoms with Crippen molar-refractivity contribution in [3.8, 4) is 0 Å². The number of carbonyl (C=O) groups is 1. The Bertz CT molecular complexity index is 167. The lowest BCUT2D eigenvalue weighted by Crippen LogP contribution is -2.49. The van der Waals surface area contributed by atoms with Gasteiger partial charge >= 0.3 is 6.03 Å². The van der Waals surface area contributed by atoms with E-state index < -0.39 is 0 Å². The predicted octanol–water partition coefficient (Wildman–Crippen LogP) is 1.14. The van der Waals surface area contributed by atoms with Crippen molar-refractivity contribution in [2.24, 2.45) is 0 Å². The van der Waals surface area contributed by atoms with Crippen LogP contribution < -0.4 is 10.6 Å². The molecule has 4 heteroatoms. The summed E-state index contributed by atoms with van der Waals surface area (Å²) in [6.45, 7) is 4.12. The molecule has 0 saturated carbocycles. The lowest BCUT2D eigenvalue weighted by Gasteiger charge is -2.25. The van der Waals surface area contributed by atoms with Gasteiger partial charge in [0.1, 0.15) is 0 Å². The Morgan fingerprint density at radius 2 is 2.08 bits per heavy atom. The minimum atomic E-state index is -0.0334. The minimum Gasteiger partial charge on any atom is -0.334 e. The SMILES string of the molecule is CC[C@@H](NC(=O)N(C)C)[C@@H](C)NC.[HH].[HH]. The summed E-state index contributed by atoms with van der Waals surface area (Å²) in [7, 11) is 5.38. The van der Waals surface area contributed by atoms with Crippen LogP contribution in [0.25, 0.3) is 0 Å². The average molecular weight is 191 g/mol. The van der Waals surface area contributed by atoms with E-state index in [0.29, 0.717) is 6.04 Å². The van der Waals surface area contributed by atoms with E-state index in [0.717, 1.165) is 6.42 Å². The highest BCUT2D eigenvalue weighted by atomic mass is 16.2. The van der Waals surface area contributed by atoms with Crippen molar-refractivity contribution in [1.29, 1.82) is 0 Å². The lowest BCUT2D eigenvalue weighted by molar-refractivity contribution is 0.209. The van der Waals surface area contributed by atoms with Crippen LogP contribution in [-0.4, -0.2) is 44.2 Å². The van der Waals surface area contributed by atoms with E-state index in [1.54, 1.807) is 19.0 Å². The molecule has 0 saturated heterocycles. The molecule has 0 aliphatic heterocycles. The topological polar surface area (TPSA) is 44.4 Å². The molecule has 2 amide bonds. The molecular weight excluding hydrogens is 166 g/mol. The summed E-state index contributed by atoms with van der Waals surface area (Å²) in [6, 6.07) is 0.461. The first-order chi connectivity index (χ1) is 6.02. The molecule has 0 radical (unpaired) electrons. The predicted molar refractivity (Wildman–Crippen MR) is 59.0 cm³/mol. The van der Waals surface area contributed by atoms with Crippen LogP contribution in [-0.2, 0) is 0 Å². The van der Waals surface area contributed by atoms with Gasteiger partial charge in [0.05, 0.1) is 0 Å². The fraction of sp³-hybridized carbons (Fsp3) is 0.889. The van der Waals surface area contributed by atoms with Crippen LogP contribution in [0.3, 0.4) is 0 Å². The molecule has 0 aromatic heterocycles. The second-order valence-electron chi connectivity index (χ2n) is 3.44. The van der Waals surface area contributed by atoms with Crippen molar-refractivity contribution in [3.63, 3.8) is 0 Å². The van der Waals surface area contributed by atoms with Gasteiger partial charge in [-0.05, 0) is 20.4 Å². The molecular formula is C9H25N3O. The summed E-state index contributed by atoms with van der Waals surface area (Å²) < 4.78 is 0. The van der Waals surface area contributed by atoms with Gasteiger partial charge in [-0.2, -0.15) is 0 Å². The summed E-state index contributed by atoms with van der Waals surface area (Å²) in [5.41, 5.74) is 0. The molecule has 0 heterocycles. The molecule has 82 valence electrons. The molecule has 0 spiro atoms. The van der Waals surface area contributed by atoms with Gasteiger partial charge in [-0.3, -0.25) is 0 Å². The third kappa shape index (κ3) is 4.12. The second kappa shape index (κ2) is 5.80. The first-order valence-corrected chi connectivity index (χ1v) is 4.68. The van der Waals surface area contributed by atoms with E-state index in [4.69, 9.17) is 0 Å². The largest absolute Gasteiger partial charge is 0.334 e. The maximum Gasteiger partial charge on any atom is 0.317 e. The quantitative estimate of drug-likeness (QED) is 0.700. The van der Waals surface area contributed by atoms with E-state index in [9.17, 15) is 4.79 Å². The number of hydrogen-bond donors (Lipinski definition) is 2. The van der Waals surface area contributed by atoms with E-state index >= 15 is 0 Å². The molecule has 13 heavy (non-hydrogen) atoms. The van der Waals surface area contributed by atoms with Gasteiger partial charge in [0.15, 0.2) is 0 Å². The highest BCUT2D eigenvalue weighted by molar-refractivity contribution is 5.73. The first kappa shape index (κ1) is 12.2. The first-order valence-electron chi connectivity index (χ1n) is 4.68. The molecule has 0 unspecified atom stereocenters. The Balaban J connectivity index is -0.000000720. The van der Waals surface area contributed by atoms with Crippen molar-refractivity contribution in [2.45, 2.75) is 32.4 Å². The Kier molecular flexibility index (Phi) is 5.46. The average Bonchev–Trinajstić information content (AvgIpc) is 2.12. The fourth-order valence-corrected chi connectivity index (χ4v) is 1.07. The van der Waals surface area contributed by atoms with Crippen molar-refractivity contribution >= 4 is 6.03 Å². The maximum atomic E-state index is 11.3. The molecule has 0 rings (SSSR count). The van der Waals surface area contributed by atoms with Crippen molar-refractivity contribution in [2.75, 3.05) is 21.1 Å². The highest BCUT2D eigenvalue weighted by Crippen LogP contribution is 1.98. The van der Waals surface area contributed by atoms with Gasteiger partial charge in [-0.15, -0.1) is 0 Å². The summed E-state index contributed by atoms with van der Waals surface area (Å²) in [5.74, 6) is 0. The Morgan fingerprint density at radius 3 is 2.38 bits per heavy atom. The number of carbonyl (C=O) groups excluding carboxylic acids is 1. The zero-order valence-electron chi connectivity index (χ0n) is 9.22. The lowest BCUT2D eigenvalue weighted by atomic mass is 10.1. The second-order valence-corrected chi connectivity index (χ2v) is 3.44. The third-order valence-corrected chi connectivity index (χ3v) is 2.21. The zero-order chi connectivity index (χ0) is 10.4. The van der Waals surface area contributed by atoms with E-state index in [1.807, 2.05) is 7.05 Å². The minimum absolute atomic E-state index is 0. The van der Waals surface area contributed by atoms with E-state index in [1.165, 1.54) is 0 Å². The number of nitrogens with zero attached hydrogens (tertiary/aromatic N) is 1. The van der Waals surface area contributed by atoms with Gasteiger partial charge in [-0.1, -0.05) is 6.92 Å². The molecule has 0 fully saturated rings. The summed E-state index contributed by atoms with van der Waals surface area (Å²) in [5, 5.41) is 6.07. The van der Waals surface area contributed by atoms with Gasteiger partial charge in [0, 0.05) is 29.0 Å². The van der Waals surface area contributed by atoms with Gasteiger partial charge in [0.25, 0.3) is 0 Å². The number of rotatable bonds is 4. The van der Waals surface area contributed by atoms with Crippen molar-refractivity contribution in [3.05, 3.63) is 0 Å². The summed E-state index contributed by atoms with van der Waals surface area (Å²) >= 11 is 0.